The molecule has 1 aliphatic rings. The van der Waals surface area contributed by atoms with Crippen LogP contribution in [-0.2, 0) is 10.0 Å². The van der Waals surface area contributed by atoms with Crippen LogP contribution in [0.4, 0.5) is 0 Å². The molecule has 3 rings (SSSR count). The zero-order valence-corrected chi connectivity index (χ0v) is 16.0. The van der Waals surface area contributed by atoms with Gasteiger partial charge >= 0.3 is 0 Å². The number of nitrogens with zero attached hydrogens (tertiary/aromatic N) is 2. The van der Waals surface area contributed by atoms with E-state index in [2.05, 4.69) is 4.72 Å². The first-order chi connectivity index (χ1) is 12.8. The lowest BCUT2D eigenvalue weighted by Gasteiger charge is -2.34. The molecule has 0 radical (unpaired) electrons. The molecule has 27 heavy (non-hydrogen) atoms. The van der Waals surface area contributed by atoms with Gasteiger partial charge in [0.25, 0.3) is 11.8 Å². The molecule has 1 N–H and O–H groups in total. The Kier molecular flexibility index (Phi) is 5.33. The van der Waals surface area contributed by atoms with Crippen molar-refractivity contribution in [3.63, 3.8) is 0 Å². The lowest BCUT2D eigenvalue weighted by atomic mass is 10.1. The molecule has 1 saturated heterocycles. The summed E-state index contributed by atoms with van der Waals surface area (Å²) in [6.07, 6.45) is 1.45. The summed E-state index contributed by atoms with van der Waals surface area (Å²) < 4.78 is 31.4. The van der Waals surface area contributed by atoms with Crippen molar-refractivity contribution in [1.29, 1.82) is 0 Å². The molecule has 144 valence electrons. The number of hydrogen-bond acceptors (Lipinski definition) is 5. The van der Waals surface area contributed by atoms with E-state index in [1.807, 2.05) is 0 Å². The van der Waals surface area contributed by atoms with Gasteiger partial charge in [-0.1, -0.05) is 6.07 Å². The first-order valence-electron chi connectivity index (χ1n) is 8.50. The highest BCUT2D eigenvalue weighted by molar-refractivity contribution is 7.89. The van der Waals surface area contributed by atoms with E-state index in [1.54, 1.807) is 34.9 Å². The zero-order chi connectivity index (χ0) is 19.6. The summed E-state index contributed by atoms with van der Waals surface area (Å²) in [6.45, 7) is 3.28. The molecule has 9 heteroatoms. The van der Waals surface area contributed by atoms with Crippen molar-refractivity contribution in [3.05, 3.63) is 53.5 Å². The highest BCUT2D eigenvalue weighted by atomic mass is 32.2. The molecule has 1 aliphatic heterocycles. The van der Waals surface area contributed by atoms with E-state index < -0.39 is 10.0 Å². The number of carbonyl (C=O) groups excluding carboxylic acids is 2. The van der Waals surface area contributed by atoms with Crippen LogP contribution in [0.2, 0.25) is 0 Å². The number of aryl methyl sites for hydroxylation is 1. The minimum Gasteiger partial charge on any atom is -0.459 e. The molecule has 0 bridgehead atoms. The molecular formula is C18H21N3O5S. The van der Waals surface area contributed by atoms with Gasteiger partial charge in [0.2, 0.25) is 10.0 Å². The minimum atomic E-state index is -3.63. The average Bonchev–Trinajstić information content (AvgIpc) is 3.22. The molecule has 1 fully saturated rings. The summed E-state index contributed by atoms with van der Waals surface area (Å²) >= 11 is 0. The fraction of sp³-hybridized carbons (Fsp3) is 0.333. The predicted octanol–water partition coefficient (Wildman–Crippen LogP) is 1.09. The third-order valence-electron chi connectivity index (χ3n) is 4.60. The lowest BCUT2D eigenvalue weighted by molar-refractivity contribution is 0.0517. The van der Waals surface area contributed by atoms with Crippen molar-refractivity contribution in [2.75, 3.05) is 33.2 Å². The van der Waals surface area contributed by atoms with Crippen molar-refractivity contribution in [1.82, 2.24) is 14.5 Å². The van der Waals surface area contributed by atoms with Crippen molar-refractivity contribution in [2.45, 2.75) is 11.8 Å². The van der Waals surface area contributed by atoms with Crippen LogP contribution < -0.4 is 4.72 Å². The van der Waals surface area contributed by atoms with Gasteiger partial charge in [-0.15, -0.1) is 0 Å². The van der Waals surface area contributed by atoms with E-state index >= 15 is 0 Å². The van der Waals surface area contributed by atoms with Gasteiger partial charge in [0.05, 0.1) is 11.2 Å². The monoisotopic (exact) mass is 391 g/mol. The summed E-state index contributed by atoms with van der Waals surface area (Å²) in [5.41, 5.74) is 1.04. The average molecular weight is 391 g/mol. The lowest BCUT2D eigenvalue weighted by Crippen LogP contribution is -2.50. The van der Waals surface area contributed by atoms with Crippen molar-refractivity contribution in [2.24, 2.45) is 0 Å². The Morgan fingerprint density at radius 1 is 1.04 bits per heavy atom. The fourth-order valence-corrected chi connectivity index (χ4v) is 3.71. The molecule has 0 spiro atoms. The van der Waals surface area contributed by atoms with Crippen LogP contribution in [0.3, 0.4) is 0 Å². The Hall–Kier alpha value is -2.65. The van der Waals surface area contributed by atoms with Gasteiger partial charge in [-0.3, -0.25) is 9.59 Å². The van der Waals surface area contributed by atoms with Gasteiger partial charge in [-0.2, -0.15) is 0 Å². The van der Waals surface area contributed by atoms with Gasteiger partial charge in [-0.05, 0) is 43.8 Å². The standard InChI is InChI=1S/C18H21N3O5S/c1-13-5-6-14(27(24,25)19-2)12-15(13)17(22)20-7-9-21(10-8-20)18(23)16-4-3-11-26-16/h3-6,11-12,19H,7-10H2,1-2H3. The molecule has 0 saturated carbocycles. The largest absolute Gasteiger partial charge is 0.459 e. The second kappa shape index (κ2) is 7.53. The molecule has 0 atom stereocenters. The first kappa shape index (κ1) is 19.1. The summed E-state index contributed by atoms with van der Waals surface area (Å²) in [6, 6.07) is 7.74. The van der Waals surface area contributed by atoms with Crippen LogP contribution in [0.25, 0.3) is 0 Å². The van der Waals surface area contributed by atoms with Crippen LogP contribution in [-0.4, -0.2) is 63.3 Å². The quantitative estimate of drug-likeness (QED) is 0.841. The first-order valence-corrected chi connectivity index (χ1v) is 9.98. The van der Waals surface area contributed by atoms with Gasteiger partial charge in [0, 0.05) is 31.7 Å². The number of nitrogens with one attached hydrogen (secondary N) is 1. The Balaban J connectivity index is 1.73. The van der Waals surface area contributed by atoms with Crippen LogP contribution in [0.5, 0.6) is 0 Å². The Labute approximate surface area is 157 Å². The second-order valence-electron chi connectivity index (χ2n) is 6.25. The molecule has 2 aromatic rings. The predicted molar refractivity (Wildman–Crippen MR) is 97.9 cm³/mol. The van der Waals surface area contributed by atoms with Crippen LogP contribution >= 0.6 is 0 Å². The number of amides is 2. The minimum absolute atomic E-state index is 0.0468. The third kappa shape index (κ3) is 3.88. The fourth-order valence-electron chi connectivity index (χ4n) is 2.96. The van der Waals surface area contributed by atoms with Gasteiger partial charge in [-0.25, -0.2) is 13.1 Å². The van der Waals surface area contributed by atoms with Crippen LogP contribution in [0.1, 0.15) is 26.5 Å². The summed E-state index contributed by atoms with van der Waals surface area (Å²) in [5, 5.41) is 0. The van der Waals surface area contributed by atoms with E-state index in [9.17, 15) is 18.0 Å². The maximum absolute atomic E-state index is 12.9. The normalized spacial score (nSPS) is 15.0. The summed E-state index contributed by atoms with van der Waals surface area (Å²) in [7, 11) is -2.31. The highest BCUT2D eigenvalue weighted by Crippen LogP contribution is 2.19. The molecule has 0 unspecified atom stereocenters. The topological polar surface area (TPSA) is 99.9 Å². The number of carbonyl (C=O) groups is 2. The number of sulfonamides is 1. The van der Waals surface area contributed by atoms with Crippen molar-refractivity contribution >= 4 is 21.8 Å². The van der Waals surface area contributed by atoms with E-state index in [-0.39, 0.29) is 22.5 Å². The smallest absolute Gasteiger partial charge is 0.289 e. The molecule has 2 heterocycles. The molecule has 1 aromatic carbocycles. The molecule has 0 aliphatic carbocycles. The Bertz CT molecular complexity index is 945. The molecule has 2 amide bonds. The number of furan rings is 1. The van der Waals surface area contributed by atoms with Crippen molar-refractivity contribution in [3.8, 4) is 0 Å². The van der Waals surface area contributed by atoms with Gasteiger partial charge in [0.15, 0.2) is 5.76 Å². The SMILES string of the molecule is CNS(=O)(=O)c1ccc(C)c(C(=O)N2CCN(C(=O)c3ccco3)CC2)c1. The van der Waals surface area contributed by atoms with Gasteiger partial charge < -0.3 is 14.2 Å². The van der Waals surface area contributed by atoms with E-state index in [0.29, 0.717) is 37.3 Å². The molecule has 8 nitrogen and oxygen atoms in total. The number of rotatable bonds is 4. The van der Waals surface area contributed by atoms with Gasteiger partial charge in [0.1, 0.15) is 0 Å². The number of hydrogen-bond donors (Lipinski definition) is 1. The van der Waals surface area contributed by atoms with E-state index in [1.165, 1.54) is 25.4 Å². The maximum atomic E-state index is 12.9. The van der Waals surface area contributed by atoms with E-state index in [0.717, 1.165) is 0 Å². The number of piperazine rings is 1. The Morgan fingerprint density at radius 3 is 2.22 bits per heavy atom. The van der Waals surface area contributed by atoms with Crippen molar-refractivity contribution < 1.29 is 22.4 Å². The summed E-state index contributed by atoms with van der Waals surface area (Å²) in [4.78, 5) is 28.5. The maximum Gasteiger partial charge on any atom is 0.289 e. The zero-order valence-electron chi connectivity index (χ0n) is 15.1. The van der Waals surface area contributed by atoms with Crippen LogP contribution in [0.15, 0.2) is 45.9 Å². The second-order valence-corrected chi connectivity index (χ2v) is 8.13. The molecular weight excluding hydrogens is 370 g/mol. The molecule has 1 aromatic heterocycles. The highest BCUT2D eigenvalue weighted by Gasteiger charge is 2.27. The third-order valence-corrected chi connectivity index (χ3v) is 6.02. The Morgan fingerprint density at radius 2 is 1.67 bits per heavy atom. The number of benzene rings is 1. The van der Waals surface area contributed by atoms with E-state index in [4.69, 9.17) is 4.42 Å². The van der Waals surface area contributed by atoms with Crippen LogP contribution in [0, 0.1) is 6.92 Å². The summed E-state index contributed by atoms with van der Waals surface area (Å²) in [5.74, 6) is -0.174.